The molecule has 0 saturated carbocycles. The summed E-state index contributed by atoms with van der Waals surface area (Å²) in [7, 11) is 1.61. The van der Waals surface area contributed by atoms with Crippen LogP contribution < -0.4 is 10.1 Å². The Morgan fingerprint density at radius 1 is 1.45 bits per heavy atom. The van der Waals surface area contributed by atoms with Gasteiger partial charge in [0, 0.05) is 18.0 Å². The first-order valence-corrected chi connectivity index (χ1v) is 8.08. The summed E-state index contributed by atoms with van der Waals surface area (Å²) in [5.74, 6) is 0.522. The number of nitrogens with one attached hydrogen (secondary N) is 1. The third-order valence-electron chi connectivity index (χ3n) is 3.38. The zero-order valence-electron chi connectivity index (χ0n) is 12.7. The fourth-order valence-electron chi connectivity index (χ4n) is 2.12. The molecule has 0 aliphatic heterocycles. The molecule has 0 saturated heterocycles. The van der Waals surface area contributed by atoms with Gasteiger partial charge in [0.15, 0.2) is 0 Å². The summed E-state index contributed by atoms with van der Waals surface area (Å²) in [6, 6.07) is 7.55. The number of thiazole rings is 1. The van der Waals surface area contributed by atoms with E-state index >= 15 is 0 Å². The molecule has 0 aliphatic rings. The highest BCUT2D eigenvalue weighted by Crippen LogP contribution is 2.31. The van der Waals surface area contributed by atoms with Gasteiger partial charge in [0.25, 0.3) is 5.91 Å². The van der Waals surface area contributed by atoms with E-state index in [0.29, 0.717) is 12.1 Å². The number of amides is 1. The lowest BCUT2D eigenvalue weighted by molar-refractivity contribution is 0.0925. The minimum Gasteiger partial charge on any atom is -0.496 e. The number of ether oxygens (including phenoxy) is 1. The number of carbonyl (C=O) groups is 1. The van der Waals surface area contributed by atoms with Gasteiger partial charge in [-0.3, -0.25) is 4.79 Å². The van der Waals surface area contributed by atoms with Gasteiger partial charge < -0.3 is 15.2 Å². The molecule has 0 radical (unpaired) electrons. The molecule has 5 nitrogen and oxygen atoms in total. The van der Waals surface area contributed by atoms with Crippen LogP contribution in [0.3, 0.4) is 0 Å². The van der Waals surface area contributed by atoms with Crippen molar-refractivity contribution in [3.63, 3.8) is 0 Å². The SMILES string of the molecule is CCC(CCO)NC(=O)c1csc(-c2ccccc2OC)n1. The van der Waals surface area contributed by atoms with Gasteiger partial charge in [-0.2, -0.15) is 0 Å². The summed E-state index contributed by atoms with van der Waals surface area (Å²) in [5.41, 5.74) is 1.26. The van der Waals surface area contributed by atoms with Gasteiger partial charge in [-0.15, -0.1) is 11.3 Å². The van der Waals surface area contributed by atoms with Crippen molar-refractivity contribution in [2.45, 2.75) is 25.8 Å². The van der Waals surface area contributed by atoms with Crippen molar-refractivity contribution in [1.29, 1.82) is 0 Å². The maximum absolute atomic E-state index is 12.2. The van der Waals surface area contributed by atoms with Crippen molar-refractivity contribution in [2.75, 3.05) is 13.7 Å². The Morgan fingerprint density at radius 3 is 2.91 bits per heavy atom. The largest absolute Gasteiger partial charge is 0.496 e. The first-order chi connectivity index (χ1) is 10.7. The molecule has 0 bridgehead atoms. The fraction of sp³-hybridized carbons (Fsp3) is 0.375. The Morgan fingerprint density at radius 2 is 2.23 bits per heavy atom. The van der Waals surface area contributed by atoms with E-state index in [-0.39, 0.29) is 18.6 Å². The molecule has 22 heavy (non-hydrogen) atoms. The Kier molecular flexibility index (Phi) is 5.91. The van der Waals surface area contributed by atoms with Crippen LogP contribution in [0.1, 0.15) is 30.3 Å². The quantitative estimate of drug-likeness (QED) is 0.823. The van der Waals surface area contributed by atoms with Crippen LogP contribution in [0, 0.1) is 0 Å². The molecule has 0 fully saturated rings. The molecule has 6 heteroatoms. The van der Waals surface area contributed by atoms with Crippen molar-refractivity contribution >= 4 is 17.2 Å². The van der Waals surface area contributed by atoms with E-state index in [1.54, 1.807) is 12.5 Å². The molecular formula is C16H20N2O3S. The first kappa shape index (κ1) is 16.5. The molecule has 118 valence electrons. The normalized spacial score (nSPS) is 12.0. The number of aliphatic hydroxyl groups excluding tert-OH is 1. The number of aromatic nitrogens is 1. The molecule has 1 atom stereocenters. The number of carbonyl (C=O) groups excluding carboxylic acids is 1. The summed E-state index contributed by atoms with van der Waals surface area (Å²) in [6.07, 6.45) is 1.32. The third-order valence-corrected chi connectivity index (χ3v) is 4.26. The smallest absolute Gasteiger partial charge is 0.270 e. The minimum absolute atomic E-state index is 0.0334. The molecule has 1 aromatic carbocycles. The van der Waals surface area contributed by atoms with E-state index in [1.165, 1.54) is 11.3 Å². The topological polar surface area (TPSA) is 71.5 Å². The van der Waals surface area contributed by atoms with Crippen LogP contribution in [0.4, 0.5) is 0 Å². The lowest BCUT2D eigenvalue weighted by Gasteiger charge is -2.14. The van der Waals surface area contributed by atoms with Crippen LogP contribution in [0.25, 0.3) is 10.6 Å². The van der Waals surface area contributed by atoms with Crippen LogP contribution in [0.2, 0.25) is 0 Å². The maximum atomic E-state index is 12.2. The number of rotatable bonds is 7. The van der Waals surface area contributed by atoms with Gasteiger partial charge in [-0.1, -0.05) is 19.1 Å². The van der Waals surface area contributed by atoms with E-state index in [2.05, 4.69) is 10.3 Å². The van der Waals surface area contributed by atoms with Gasteiger partial charge >= 0.3 is 0 Å². The molecule has 1 aromatic heterocycles. The maximum Gasteiger partial charge on any atom is 0.270 e. The van der Waals surface area contributed by atoms with Crippen LogP contribution >= 0.6 is 11.3 Å². The van der Waals surface area contributed by atoms with Gasteiger partial charge in [0.1, 0.15) is 16.5 Å². The van der Waals surface area contributed by atoms with E-state index in [9.17, 15) is 4.79 Å². The van der Waals surface area contributed by atoms with Gasteiger partial charge in [0.05, 0.1) is 12.7 Å². The Balaban J connectivity index is 2.15. The molecule has 1 heterocycles. The lowest BCUT2D eigenvalue weighted by atomic mass is 10.1. The van der Waals surface area contributed by atoms with Gasteiger partial charge in [-0.05, 0) is 25.0 Å². The standard InChI is InChI=1S/C16H20N2O3S/c1-3-11(8-9-19)17-15(20)13-10-22-16(18-13)12-6-4-5-7-14(12)21-2/h4-7,10-11,19H,3,8-9H2,1-2H3,(H,17,20). The van der Waals surface area contributed by atoms with E-state index in [0.717, 1.165) is 22.7 Å². The number of hydrogen-bond acceptors (Lipinski definition) is 5. The monoisotopic (exact) mass is 320 g/mol. The first-order valence-electron chi connectivity index (χ1n) is 7.20. The van der Waals surface area contributed by atoms with Gasteiger partial charge in [0.2, 0.25) is 0 Å². The zero-order chi connectivity index (χ0) is 15.9. The average molecular weight is 320 g/mol. The lowest BCUT2D eigenvalue weighted by Crippen LogP contribution is -2.35. The number of benzene rings is 1. The van der Waals surface area contributed by atoms with Gasteiger partial charge in [-0.25, -0.2) is 4.98 Å². The highest BCUT2D eigenvalue weighted by Gasteiger charge is 2.16. The van der Waals surface area contributed by atoms with Crippen molar-refractivity contribution < 1.29 is 14.6 Å². The number of hydrogen-bond donors (Lipinski definition) is 2. The van der Waals surface area contributed by atoms with E-state index in [1.807, 2.05) is 31.2 Å². The van der Waals surface area contributed by atoms with Crippen LogP contribution in [0.5, 0.6) is 5.75 Å². The molecule has 0 aliphatic carbocycles. The molecule has 1 amide bonds. The van der Waals surface area contributed by atoms with Crippen molar-refractivity contribution in [3.8, 4) is 16.3 Å². The van der Waals surface area contributed by atoms with E-state index < -0.39 is 0 Å². The summed E-state index contributed by atoms with van der Waals surface area (Å²) in [4.78, 5) is 16.6. The highest BCUT2D eigenvalue weighted by molar-refractivity contribution is 7.13. The fourth-order valence-corrected chi connectivity index (χ4v) is 2.95. The number of para-hydroxylation sites is 1. The van der Waals surface area contributed by atoms with Crippen molar-refractivity contribution in [3.05, 3.63) is 35.3 Å². The molecule has 2 N–H and O–H groups in total. The Hall–Kier alpha value is -1.92. The molecule has 0 spiro atoms. The zero-order valence-corrected chi connectivity index (χ0v) is 13.5. The summed E-state index contributed by atoms with van der Waals surface area (Å²) < 4.78 is 5.32. The van der Waals surface area contributed by atoms with Crippen molar-refractivity contribution in [1.82, 2.24) is 10.3 Å². The Bertz CT molecular complexity index is 627. The van der Waals surface area contributed by atoms with E-state index in [4.69, 9.17) is 9.84 Å². The van der Waals surface area contributed by atoms with Crippen LogP contribution in [-0.2, 0) is 0 Å². The molecule has 1 unspecified atom stereocenters. The molecule has 2 rings (SSSR count). The van der Waals surface area contributed by atoms with Crippen LogP contribution in [-0.4, -0.2) is 35.8 Å². The minimum atomic E-state index is -0.210. The Labute approximate surface area is 134 Å². The second-order valence-corrected chi connectivity index (χ2v) is 5.69. The number of methoxy groups -OCH3 is 1. The molecular weight excluding hydrogens is 300 g/mol. The summed E-state index contributed by atoms with van der Waals surface area (Å²) in [5, 5.41) is 14.4. The molecule has 2 aromatic rings. The average Bonchev–Trinajstić information content (AvgIpc) is 3.04. The highest BCUT2D eigenvalue weighted by atomic mass is 32.1. The predicted octanol–water partition coefficient (Wildman–Crippen LogP) is 2.71. The second kappa shape index (κ2) is 7.91. The van der Waals surface area contributed by atoms with Crippen LogP contribution in [0.15, 0.2) is 29.6 Å². The summed E-state index contributed by atoms with van der Waals surface area (Å²) >= 11 is 1.41. The number of aliphatic hydroxyl groups is 1. The number of nitrogens with zero attached hydrogens (tertiary/aromatic N) is 1. The predicted molar refractivity (Wildman–Crippen MR) is 87.4 cm³/mol. The summed E-state index contributed by atoms with van der Waals surface area (Å²) in [6.45, 7) is 2.03. The third kappa shape index (κ3) is 3.84. The second-order valence-electron chi connectivity index (χ2n) is 4.83. The van der Waals surface area contributed by atoms with Crippen molar-refractivity contribution in [2.24, 2.45) is 0 Å².